The molecule has 0 radical (unpaired) electrons. The first-order chi connectivity index (χ1) is 8.49. The molecule has 0 aliphatic carbocycles. The second-order valence-corrected chi connectivity index (χ2v) is 4.74. The second kappa shape index (κ2) is 8.91. The molecule has 1 amide bonds. The first-order valence-corrected chi connectivity index (χ1v) is 6.59. The number of carbonyl (C=O) groups is 2. The molecule has 106 valence electrons. The molecule has 0 rings (SSSR count). The van der Waals surface area contributed by atoms with Crippen LogP contribution in [-0.4, -0.2) is 35.2 Å². The minimum absolute atomic E-state index is 0.0687. The van der Waals surface area contributed by atoms with Crippen molar-refractivity contribution in [3.63, 3.8) is 0 Å². The largest absolute Gasteiger partial charge is 0.481 e. The van der Waals surface area contributed by atoms with Gasteiger partial charge in [-0.3, -0.25) is 9.59 Å². The Morgan fingerprint density at radius 3 is 2.11 bits per heavy atom. The Balaban J connectivity index is 3.84. The summed E-state index contributed by atoms with van der Waals surface area (Å²) in [5.41, 5.74) is -0.225. The number of aliphatic hydroxyl groups is 1. The fourth-order valence-corrected chi connectivity index (χ4v) is 1.72. The molecule has 5 nitrogen and oxygen atoms in total. The zero-order chi connectivity index (χ0) is 14.0. The van der Waals surface area contributed by atoms with Crippen LogP contribution in [0, 0.1) is 5.41 Å². The van der Waals surface area contributed by atoms with Crippen molar-refractivity contribution >= 4 is 11.9 Å². The van der Waals surface area contributed by atoms with Crippen LogP contribution in [0.25, 0.3) is 0 Å². The molecule has 0 atom stereocenters. The van der Waals surface area contributed by atoms with E-state index in [0.717, 1.165) is 12.8 Å². The van der Waals surface area contributed by atoms with Gasteiger partial charge in [-0.2, -0.15) is 0 Å². The van der Waals surface area contributed by atoms with Gasteiger partial charge in [0, 0.05) is 24.8 Å². The zero-order valence-corrected chi connectivity index (χ0v) is 11.4. The molecule has 0 fully saturated rings. The Labute approximate surface area is 109 Å². The predicted octanol–water partition coefficient (Wildman–Crippen LogP) is 1.55. The summed E-state index contributed by atoms with van der Waals surface area (Å²) in [5.74, 6) is -0.896. The molecule has 0 aromatic heterocycles. The Morgan fingerprint density at radius 2 is 1.67 bits per heavy atom. The van der Waals surface area contributed by atoms with Crippen LogP contribution in [0.1, 0.15) is 52.4 Å². The SMILES string of the molecule is CCC(CC)(CO)CNC(=O)CCCCC(=O)O. The molecular formula is C13H25NO4. The molecule has 0 aliphatic heterocycles. The number of hydrogen-bond donors (Lipinski definition) is 3. The van der Waals surface area contributed by atoms with Crippen LogP contribution in [0.3, 0.4) is 0 Å². The zero-order valence-electron chi connectivity index (χ0n) is 11.4. The Bertz CT molecular complexity index is 253. The summed E-state index contributed by atoms with van der Waals surface area (Å²) in [5, 5.41) is 20.6. The summed E-state index contributed by atoms with van der Waals surface area (Å²) in [6, 6.07) is 0. The quantitative estimate of drug-likeness (QED) is 0.519. The first kappa shape index (κ1) is 16.9. The molecule has 0 bridgehead atoms. The van der Waals surface area contributed by atoms with E-state index in [1.54, 1.807) is 0 Å². The van der Waals surface area contributed by atoms with Gasteiger partial charge in [0.1, 0.15) is 0 Å². The molecular weight excluding hydrogens is 234 g/mol. The summed E-state index contributed by atoms with van der Waals surface area (Å²) in [6.07, 6.45) is 3.20. The average molecular weight is 259 g/mol. The second-order valence-electron chi connectivity index (χ2n) is 4.74. The fraction of sp³-hybridized carbons (Fsp3) is 0.846. The van der Waals surface area contributed by atoms with Crippen LogP contribution < -0.4 is 5.32 Å². The lowest BCUT2D eigenvalue weighted by atomic mass is 9.83. The van der Waals surface area contributed by atoms with Crippen LogP contribution in [0.15, 0.2) is 0 Å². The predicted molar refractivity (Wildman–Crippen MR) is 69.2 cm³/mol. The van der Waals surface area contributed by atoms with E-state index < -0.39 is 5.97 Å². The highest BCUT2D eigenvalue weighted by atomic mass is 16.4. The molecule has 0 saturated heterocycles. The lowest BCUT2D eigenvalue weighted by molar-refractivity contribution is -0.137. The number of aliphatic carboxylic acids is 1. The number of amides is 1. The summed E-state index contributed by atoms with van der Waals surface area (Å²) >= 11 is 0. The van der Waals surface area contributed by atoms with Gasteiger partial charge in [-0.25, -0.2) is 0 Å². The number of carboxylic acid groups (broad SMARTS) is 1. The van der Waals surface area contributed by atoms with Gasteiger partial charge in [-0.15, -0.1) is 0 Å². The fourth-order valence-electron chi connectivity index (χ4n) is 1.72. The average Bonchev–Trinajstić information content (AvgIpc) is 2.37. The van der Waals surface area contributed by atoms with E-state index in [4.69, 9.17) is 5.11 Å². The summed E-state index contributed by atoms with van der Waals surface area (Å²) in [6.45, 7) is 4.55. The highest BCUT2D eigenvalue weighted by molar-refractivity contribution is 5.76. The van der Waals surface area contributed by atoms with Gasteiger partial charge in [-0.05, 0) is 25.7 Å². The molecule has 18 heavy (non-hydrogen) atoms. The van der Waals surface area contributed by atoms with Crippen LogP contribution in [0.5, 0.6) is 0 Å². The molecule has 5 heteroatoms. The van der Waals surface area contributed by atoms with Gasteiger partial charge < -0.3 is 15.5 Å². The minimum atomic E-state index is -0.827. The van der Waals surface area contributed by atoms with E-state index in [9.17, 15) is 14.7 Å². The van der Waals surface area contributed by atoms with Crippen molar-refractivity contribution in [3.05, 3.63) is 0 Å². The number of rotatable bonds is 10. The molecule has 0 spiro atoms. The van der Waals surface area contributed by atoms with Crippen LogP contribution >= 0.6 is 0 Å². The highest BCUT2D eigenvalue weighted by Crippen LogP contribution is 2.24. The smallest absolute Gasteiger partial charge is 0.303 e. The van der Waals surface area contributed by atoms with Crippen LogP contribution in [0.4, 0.5) is 0 Å². The summed E-state index contributed by atoms with van der Waals surface area (Å²) < 4.78 is 0. The Kier molecular flexibility index (Phi) is 8.37. The van der Waals surface area contributed by atoms with E-state index in [1.165, 1.54) is 0 Å². The Morgan fingerprint density at radius 1 is 1.11 bits per heavy atom. The van der Waals surface area contributed by atoms with Gasteiger partial charge >= 0.3 is 5.97 Å². The van der Waals surface area contributed by atoms with Gasteiger partial charge in [-0.1, -0.05) is 13.8 Å². The van der Waals surface area contributed by atoms with Crippen molar-refractivity contribution in [3.8, 4) is 0 Å². The maximum atomic E-state index is 11.5. The van der Waals surface area contributed by atoms with Crippen LogP contribution in [-0.2, 0) is 9.59 Å². The maximum Gasteiger partial charge on any atom is 0.303 e. The lowest BCUT2D eigenvalue weighted by Crippen LogP contribution is -2.39. The number of aliphatic hydroxyl groups excluding tert-OH is 1. The normalized spacial score (nSPS) is 11.3. The standard InChI is InChI=1S/C13H25NO4/c1-3-13(4-2,10-15)9-14-11(16)7-5-6-8-12(17)18/h15H,3-10H2,1-2H3,(H,14,16)(H,17,18). The first-order valence-electron chi connectivity index (χ1n) is 6.59. The van der Waals surface area contributed by atoms with Crippen LogP contribution in [0.2, 0.25) is 0 Å². The minimum Gasteiger partial charge on any atom is -0.481 e. The van der Waals surface area contributed by atoms with E-state index in [1.807, 2.05) is 13.8 Å². The molecule has 0 saturated carbocycles. The Hall–Kier alpha value is -1.10. The van der Waals surface area contributed by atoms with E-state index >= 15 is 0 Å². The third-order valence-electron chi connectivity index (χ3n) is 3.54. The molecule has 3 N–H and O–H groups in total. The third-order valence-corrected chi connectivity index (χ3v) is 3.54. The van der Waals surface area contributed by atoms with E-state index in [-0.39, 0.29) is 24.3 Å². The summed E-state index contributed by atoms with van der Waals surface area (Å²) in [4.78, 5) is 21.8. The monoisotopic (exact) mass is 259 g/mol. The summed E-state index contributed by atoms with van der Waals surface area (Å²) in [7, 11) is 0. The van der Waals surface area contributed by atoms with Crippen molar-refractivity contribution in [1.29, 1.82) is 0 Å². The van der Waals surface area contributed by atoms with Gasteiger partial charge in [0.15, 0.2) is 0 Å². The topological polar surface area (TPSA) is 86.6 Å². The number of nitrogens with one attached hydrogen (secondary N) is 1. The molecule has 0 aliphatic rings. The molecule has 0 unspecified atom stereocenters. The van der Waals surface area contributed by atoms with Crippen molar-refractivity contribution in [2.75, 3.05) is 13.2 Å². The maximum absolute atomic E-state index is 11.5. The van der Waals surface area contributed by atoms with Gasteiger partial charge in [0.05, 0.1) is 6.61 Å². The van der Waals surface area contributed by atoms with Crippen molar-refractivity contribution in [1.82, 2.24) is 5.32 Å². The third kappa shape index (κ3) is 6.59. The number of hydrogen-bond acceptors (Lipinski definition) is 3. The number of carboxylic acids is 1. The van der Waals surface area contributed by atoms with Gasteiger partial charge in [0.2, 0.25) is 5.91 Å². The van der Waals surface area contributed by atoms with Crippen molar-refractivity contribution < 1.29 is 19.8 Å². The van der Waals surface area contributed by atoms with Crippen molar-refractivity contribution in [2.24, 2.45) is 5.41 Å². The molecule has 0 aromatic rings. The number of carbonyl (C=O) groups excluding carboxylic acids is 1. The molecule has 0 heterocycles. The van der Waals surface area contributed by atoms with E-state index in [2.05, 4.69) is 5.32 Å². The molecule has 0 aromatic carbocycles. The van der Waals surface area contributed by atoms with Gasteiger partial charge in [0.25, 0.3) is 0 Å². The lowest BCUT2D eigenvalue weighted by Gasteiger charge is -2.29. The highest BCUT2D eigenvalue weighted by Gasteiger charge is 2.25. The number of unbranched alkanes of at least 4 members (excludes halogenated alkanes) is 1. The van der Waals surface area contributed by atoms with Crippen molar-refractivity contribution in [2.45, 2.75) is 52.4 Å². The van der Waals surface area contributed by atoms with E-state index in [0.29, 0.717) is 25.8 Å².